The predicted molar refractivity (Wildman–Crippen MR) is 96.1 cm³/mol. The topological polar surface area (TPSA) is 45.7 Å². The highest BCUT2D eigenvalue weighted by Crippen LogP contribution is 2.13. The molecule has 0 bridgehead atoms. The second-order valence-corrected chi connectivity index (χ2v) is 4.20. The Morgan fingerprint density at radius 3 is 2.65 bits per heavy atom. The van der Waals surface area contributed by atoms with Gasteiger partial charge in [-0.1, -0.05) is 19.1 Å². The lowest BCUT2D eigenvalue weighted by Gasteiger charge is -2.10. The maximum atomic E-state index is 5.49. The van der Waals surface area contributed by atoms with Crippen molar-refractivity contribution in [3.8, 4) is 5.75 Å². The zero-order valence-electron chi connectivity index (χ0n) is 12.6. The highest BCUT2D eigenvalue weighted by atomic mass is 127. The average molecular weight is 391 g/mol. The number of nitrogens with zero attached hydrogens (tertiary/aromatic N) is 1. The minimum atomic E-state index is 0. The van der Waals surface area contributed by atoms with Gasteiger partial charge in [0.05, 0.1) is 13.2 Å². The molecule has 0 aliphatic rings. The lowest BCUT2D eigenvalue weighted by molar-refractivity contribution is 0.340. The molecule has 0 saturated carbocycles. The summed E-state index contributed by atoms with van der Waals surface area (Å²) in [6, 6.07) is 8.07. The monoisotopic (exact) mass is 391 g/mol. The van der Waals surface area contributed by atoms with Crippen molar-refractivity contribution in [2.24, 2.45) is 4.99 Å². The van der Waals surface area contributed by atoms with Crippen LogP contribution in [0.15, 0.2) is 29.3 Å². The second kappa shape index (κ2) is 11.8. The average Bonchev–Trinajstić information content (AvgIpc) is 2.43. The maximum absolute atomic E-state index is 5.49. The molecular weight excluding hydrogens is 365 g/mol. The van der Waals surface area contributed by atoms with Crippen molar-refractivity contribution in [3.63, 3.8) is 0 Å². The van der Waals surface area contributed by atoms with Gasteiger partial charge in [-0.2, -0.15) is 0 Å². The van der Waals surface area contributed by atoms with Gasteiger partial charge in [0, 0.05) is 13.1 Å². The van der Waals surface area contributed by atoms with E-state index in [0.717, 1.165) is 36.8 Å². The number of guanidine groups is 1. The first-order valence-electron chi connectivity index (χ1n) is 7.04. The lowest BCUT2D eigenvalue weighted by atomic mass is 10.2. The van der Waals surface area contributed by atoms with Crippen molar-refractivity contribution < 1.29 is 4.74 Å². The summed E-state index contributed by atoms with van der Waals surface area (Å²) in [5, 5.41) is 6.52. The molecule has 0 aromatic heterocycles. The predicted octanol–water partition coefficient (Wildman–Crippen LogP) is 3.17. The van der Waals surface area contributed by atoms with Crippen LogP contribution < -0.4 is 15.4 Å². The molecular formula is C15H26IN3O. The van der Waals surface area contributed by atoms with Crippen molar-refractivity contribution in [2.45, 2.75) is 33.7 Å². The van der Waals surface area contributed by atoms with Crippen LogP contribution in [0.1, 0.15) is 32.8 Å². The van der Waals surface area contributed by atoms with Crippen LogP contribution in [0.4, 0.5) is 0 Å². The van der Waals surface area contributed by atoms with Crippen molar-refractivity contribution in [1.82, 2.24) is 10.6 Å². The maximum Gasteiger partial charge on any atom is 0.191 e. The lowest BCUT2D eigenvalue weighted by Crippen LogP contribution is -2.37. The normalized spacial score (nSPS) is 10.7. The number of benzene rings is 1. The third kappa shape index (κ3) is 7.57. The van der Waals surface area contributed by atoms with Crippen LogP contribution in [0.2, 0.25) is 0 Å². The number of aliphatic imine (C=N–C) groups is 1. The van der Waals surface area contributed by atoms with Crippen LogP contribution in [0.3, 0.4) is 0 Å². The van der Waals surface area contributed by atoms with Gasteiger partial charge in [0.15, 0.2) is 5.96 Å². The highest BCUT2D eigenvalue weighted by Gasteiger charge is 1.98. The number of nitrogens with one attached hydrogen (secondary N) is 2. The Hall–Kier alpha value is -0.980. The first-order chi connectivity index (χ1) is 9.30. The van der Waals surface area contributed by atoms with Crippen LogP contribution in [0.5, 0.6) is 5.75 Å². The number of halogens is 1. The molecule has 0 saturated heterocycles. The molecule has 0 unspecified atom stereocenters. The molecule has 5 heteroatoms. The first kappa shape index (κ1) is 19.0. The Labute approximate surface area is 139 Å². The van der Waals surface area contributed by atoms with E-state index in [-0.39, 0.29) is 24.0 Å². The molecule has 4 nitrogen and oxygen atoms in total. The quantitative estimate of drug-likeness (QED) is 0.427. The standard InChI is InChI=1S/C15H25N3O.HI/c1-4-10-17-15(16-5-2)18-12-13-8-7-9-14(11-13)19-6-3;/h7-9,11H,4-6,10,12H2,1-3H3,(H2,16,17,18);1H. The zero-order chi connectivity index (χ0) is 13.9. The number of ether oxygens (including phenoxy) is 1. The van der Waals surface area contributed by atoms with Gasteiger partial charge in [-0.3, -0.25) is 0 Å². The summed E-state index contributed by atoms with van der Waals surface area (Å²) >= 11 is 0. The summed E-state index contributed by atoms with van der Waals surface area (Å²) < 4.78 is 5.49. The second-order valence-electron chi connectivity index (χ2n) is 4.20. The van der Waals surface area contributed by atoms with Gasteiger partial charge in [0.25, 0.3) is 0 Å². The van der Waals surface area contributed by atoms with Gasteiger partial charge in [0.1, 0.15) is 5.75 Å². The van der Waals surface area contributed by atoms with Gasteiger partial charge < -0.3 is 15.4 Å². The molecule has 0 fully saturated rings. The van der Waals surface area contributed by atoms with E-state index in [1.54, 1.807) is 0 Å². The Balaban J connectivity index is 0.00000361. The van der Waals surface area contributed by atoms with Crippen LogP contribution >= 0.6 is 24.0 Å². The molecule has 1 rings (SSSR count). The van der Waals surface area contributed by atoms with Gasteiger partial charge in [-0.05, 0) is 38.0 Å². The minimum absolute atomic E-state index is 0. The Bertz CT molecular complexity index is 396. The van der Waals surface area contributed by atoms with Crippen LogP contribution in [-0.2, 0) is 6.54 Å². The molecule has 0 heterocycles. The van der Waals surface area contributed by atoms with Gasteiger partial charge in [-0.25, -0.2) is 4.99 Å². The van der Waals surface area contributed by atoms with E-state index in [0.29, 0.717) is 13.2 Å². The summed E-state index contributed by atoms with van der Waals surface area (Å²) in [6.07, 6.45) is 1.09. The Morgan fingerprint density at radius 2 is 2.00 bits per heavy atom. The fourth-order valence-electron chi connectivity index (χ4n) is 1.66. The number of hydrogen-bond acceptors (Lipinski definition) is 2. The molecule has 1 aromatic rings. The van der Waals surface area contributed by atoms with E-state index in [2.05, 4.69) is 35.5 Å². The molecule has 1 aromatic carbocycles. The van der Waals surface area contributed by atoms with E-state index in [4.69, 9.17) is 4.74 Å². The summed E-state index contributed by atoms with van der Waals surface area (Å²) in [5.74, 6) is 1.77. The van der Waals surface area contributed by atoms with E-state index in [9.17, 15) is 0 Å². The molecule has 0 atom stereocenters. The van der Waals surface area contributed by atoms with Crippen LogP contribution in [-0.4, -0.2) is 25.7 Å². The third-order valence-electron chi connectivity index (χ3n) is 2.52. The SMILES string of the molecule is CCCNC(=NCc1cccc(OCC)c1)NCC.I. The molecule has 2 N–H and O–H groups in total. The van der Waals surface area contributed by atoms with Crippen molar-refractivity contribution >= 4 is 29.9 Å². The number of rotatable bonds is 7. The van der Waals surface area contributed by atoms with E-state index in [1.165, 1.54) is 0 Å². The molecule has 0 aliphatic carbocycles. The van der Waals surface area contributed by atoms with Crippen LogP contribution in [0, 0.1) is 0 Å². The minimum Gasteiger partial charge on any atom is -0.494 e. The van der Waals surface area contributed by atoms with Gasteiger partial charge >= 0.3 is 0 Å². The van der Waals surface area contributed by atoms with Gasteiger partial charge in [0.2, 0.25) is 0 Å². The molecule has 0 spiro atoms. The highest BCUT2D eigenvalue weighted by molar-refractivity contribution is 14.0. The fraction of sp³-hybridized carbons (Fsp3) is 0.533. The van der Waals surface area contributed by atoms with E-state index < -0.39 is 0 Å². The van der Waals surface area contributed by atoms with E-state index in [1.807, 2.05) is 25.1 Å². The first-order valence-corrected chi connectivity index (χ1v) is 7.04. The molecule has 114 valence electrons. The van der Waals surface area contributed by atoms with Crippen LogP contribution in [0.25, 0.3) is 0 Å². The Morgan fingerprint density at radius 1 is 1.20 bits per heavy atom. The largest absolute Gasteiger partial charge is 0.494 e. The fourth-order valence-corrected chi connectivity index (χ4v) is 1.66. The van der Waals surface area contributed by atoms with Crippen molar-refractivity contribution in [2.75, 3.05) is 19.7 Å². The summed E-state index contributed by atoms with van der Waals surface area (Å²) in [6.45, 7) is 9.34. The third-order valence-corrected chi connectivity index (χ3v) is 2.52. The summed E-state index contributed by atoms with van der Waals surface area (Å²) in [4.78, 5) is 4.56. The number of hydrogen-bond donors (Lipinski definition) is 2. The molecule has 0 aliphatic heterocycles. The zero-order valence-corrected chi connectivity index (χ0v) is 14.9. The smallest absolute Gasteiger partial charge is 0.191 e. The molecule has 0 amide bonds. The van der Waals surface area contributed by atoms with Crippen molar-refractivity contribution in [3.05, 3.63) is 29.8 Å². The van der Waals surface area contributed by atoms with Gasteiger partial charge in [-0.15, -0.1) is 24.0 Å². The van der Waals surface area contributed by atoms with Crippen molar-refractivity contribution in [1.29, 1.82) is 0 Å². The molecule has 0 radical (unpaired) electrons. The van der Waals surface area contributed by atoms with E-state index >= 15 is 0 Å². The molecule has 20 heavy (non-hydrogen) atoms. The summed E-state index contributed by atoms with van der Waals surface area (Å²) in [7, 11) is 0. The Kier molecular flexibility index (Phi) is 11.2. The summed E-state index contributed by atoms with van der Waals surface area (Å²) in [5.41, 5.74) is 1.15.